The molecule has 0 radical (unpaired) electrons. The molecule has 1 N–H and O–H groups in total. The van der Waals surface area contributed by atoms with Crippen molar-refractivity contribution in [3.8, 4) is 0 Å². The van der Waals surface area contributed by atoms with Gasteiger partial charge in [0.1, 0.15) is 0 Å². The SMILES string of the molecule is CC(=O)N1CCc2cc(C(=O)NCC3(N4CCCCC4)CCCCC3)ccc21. The Labute approximate surface area is 168 Å². The maximum absolute atomic E-state index is 12.9. The molecule has 152 valence electrons. The van der Waals surface area contributed by atoms with Gasteiger partial charge in [0.15, 0.2) is 0 Å². The predicted molar refractivity (Wildman–Crippen MR) is 112 cm³/mol. The number of likely N-dealkylation sites (tertiary alicyclic amines) is 1. The number of hydrogen-bond acceptors (Lipinski definition) is 3. The maximum atomic E-state index is 12.9. The fourth-order valence-electron chi connectivity index (χ4n) is 5.40. The van der Waals surface area contributed by atoms with Crippen LogP contribution in [0, 0.1) is 0 Å². The molecule has 0 unspecified atom stereocenters. The number of nitrogens with zero attached hydrogens (tertiary/aromatic N) is 2. The second-order valence-corrected chi connectivity index (χ2v) is 8.78. The molecule has 0 aromatic heterocycles. The molecule has 0 spiro atoms. The normalized spacial score (nSPS) is 22.0. The van der Waals surface area contributed by atoms with E-state index in [4.69, 9.17) is 0 Å². The highest BCUT2D eigenvalue weighted by Gasteiger charge is 2.38. The Hall–Kier alpha value is -1.88. The van der Waals surface area contributed by atoms with Crippen molar-refractivity contribution in [3.63, 3.8) is 0 Å². The van der Waals surface area contributed by atoms with Crippen LogP contribution in [0.2, 0.25) is 0 Å². The summed E-state index contributed by atoms with van der Waals surface area (Å²) in [6.45, 7) is 5.42. The van der Waals surface area contributed by atoms with E-state index in [9.17, 15) is 9.59 Å². The predicted octanol–water partition coefficient (Wildman–Crippen LogP) is 3.51. The smallest absolute Gasteiger partial charge is 0.251 e. The minimum Gasteiger partial charge on any atom is -0.350 e. The number of fused-ring (bicyclic) bond motifs is 1. The van der Waals surface area contributed by atoms with E-state index in [1.165, 1.54) is 64.5 Å². The van der Waals surface area contributed by atoms with Gasteiger partial charge in [-0.3, -0.25) is 14.5 Å². The zero-order valence-electron chi connectivity index (χ0n) is 17.1. The summed E-state index contributed by atoms with van der Waals surface area (Å²) >= 11 is 0. The van der Waals surface area contributed by atoms with E-state index in [0.29, 0.717) is 12.1 Å². The molecule has 5 nitrogen and oxygen atoms in total. The Kier molecular flexibility index (Phi) is 5.72. The third-order valence-corrected chi connectivity index (χ3v) is 7.01. The van der Waals surface area contributed by atoms with Gasteiger partial charge in [-0.25, -0.2) is 0 Å². The van der Waals surface area contributed by atoms with Gasteiger partial charge in [-0.1, -0.05) is 25.7 Å². The molecule has 2 fully saturated rings. The van der Waals surface area contributed by atoms with Crippen molar-refractivity contribution in [2.24, 2.45) is 0 Å². The van der Waals surface area contributed by atoms with Crippen molar-refractivity contribution >= 4 is 17.5 Å². The lowest BCUT2D eigenvalue weighted by molar-refractivity contribution is -0.116. The molecule has 3 aliphatic rings. The Bertz CT molecular complexity index is 733. The monoisotopic (exact) mass is 383 g/mol. The molecule has 1 saturated carbocycles. The third-order valence-electron chi connectivity index (χ3n) is 7.01. The van der Waals surface area contributed by atoms with Crippen molar-refractivity contribution in [1.82, 2.24) is 10.2 Å². The van der Waals surface area contributed by atoms with Gasteiger partial charge in [0, 0.05) is 36.8 Å². The Morgan fingerprint density at radius 1 is 1.00 bits per heavy atom. The number of rotatable bonds is 4. The van der Waals surface area contributed by atoms with E-state index >= 15 is 0 Å². The lowest BCUT2D eigenvalue weighted by Gasteiger charge is -2.48. The second-order valence-electron chi connectivity index (χ2n) is 8.78. The van der Waals surface area contributed by atoms with Gasteiger partial charge in [0.05, 0.1) is 0 Å². The molecule has 0 atom stereocenters. The van der Waals surface area contributed by atoms with E-state index in [1.807, 2.05) is 18.2 Å². The van der Waals surface area contributed by atoms with E-state index in [1.54, 1.807) is 11.8 Å². The number of carbonyl (C=O) groups excluding carboxylic acids is 2. The van der Waals surface area contributed by atoms with Crippen molar-refractivity contribution < 1.29 is 9.59 Å². The summed E-state index contributed by atoms with van der Waals surface area (Å²) in [7, 11) is 0. The molecule has 5 heteroatoms. The molecule has 1 aromatic rings. The van der Waals surface area contributed by atoms with Crippen LogP contribution in [-0.4, -0.2) is 48.4 Å². The topological polar surface area (TPSA) is 52.7 Å². The third kappa shape index (κ3) is 3.82. The second kappa shape index (κ2) is 8.24. The molecule has 1 aliphatic carbocycles. The van der Waals surface area contributed by atoms with Crippen LogP contribution in [0.4, 0.5) is 5.69 Å². The van der Waals surface area contributed by atoms with E-state index in [-0.39, 0.29) is 17.4 Å². The highest BCUT2D eigenvalue weighted by molar-refractivity contribution is 5.97. The van der Waals surface area contributed by atoms with Crippen LogP contribution in [0.5, 0.6) is 0 Å². The van der Waals surface area contributed by atoms with Crippen LogP contribution in [0.25, 0.3) is 0 Å². The number of benzene rings is 1. The average Bonchev–Trinajstić information content (AvgIpc) is 3.17. The fourth-order valence-corrected chi connectivity index (χ4v) is 5.40. The van der Waals surface area contributed by atoms with E-state index in [0.717, 1.165) is 24.2 Å². The molecule has 4 rings (SSSR count). The van der Waals surface area contributed by atoms with Crippen LogP contribution >= 0.6 is 0 Å². The van der Waals surface area contributed by atoms with Gasteiger partial charge >= 0.3 is 0 Å². The van der Waals surface area contributed by atoms with Gasteiger partial charge < -0.3 is 10.2 Å². The first-order chi connectivity index (χ1) is 13.6. The van der Waals surface area contributed by atoms with Crippen LogP contribution in [-0.2, 0) is 11.2 Å². The first kappa shape index (κ1) is 19.4. The summed E-state index contributed by atoms with van der Waals surface area (Å²) in [5.74, 6) is 0.0859. The summed E-state index contributed by atoms with van der Waals surface area (Å²) in [5, 5.41) is 3.27. The van der Waals surface area contributed by atoms with Gasteiger partial charge in [0.25, 0.3) is 5.91 Å². The maximum Gasteiger partial charge on any atom is 0.251 e. The zero-order chi connectivity index (χ0) is 19.6. The molecule has 1 aromatic carbocycles. The Balaban J connectivity index is 1.45. The minimum absolute atomic E-state index is 0.0195. The van der Waals surface area contributed by atoms with Crippen LogP contribution < -0.4 is 10.2 Å². The van der Waals surface area contributed by atoms with Crippen LogP contribution in [0.3, 0.4) is 0 Å². The van der Waals surface area contributed by atoms with Crippen molar-refractivity contribution in [3.05, 3.63) is 29.3 Å². The Morgan fingerprint density at radius 3 is 2.43 bits per heavy atom. The summed E-state index contributed by atoms with van der Waals surface area (Å²) in [5.41, 5.74) is 2.93. The molecule has 2 heterocycles. The zero-order valence-corrected chi connectivity index (χ0v) is 17.1. The first-order valence-corrected chi connectivity index (χ1v) is 11.0. The molecular formula is C23H33N3O2. The lowest BCUT2D eigenvalue weighted by Crippen LogP contribution is -2.58. The van der Waals surface area contributed by atoms with Gasteiger partial charge in [-0.05, 0) is 69.0 Å². The summed E-state index contributed by atoms with van der Waals surface area (Å²) in [4.78, 5) is 29.1. The minimum atomic E-state index is 0.0195. The van der Waals surface area contributed by atoms with Crippen LogP contribution in [0.1, 0.15) is 74.2 Å². The van der Waals surface area contributed by atoms with Crippen LogP contribution in [0.15, 0.2) is 18.2 Å². The highest BCUT2D eigenvalue weighted by atomic mass is 16.2. The van der Waals surface area contributed by atoms with E-state index < -0.39 is 0 Å². The first-order valence-electron chi connectivity index (χ1n) is 11.0. The average molecular weight is 384 g/mol. The van der Waals surface area contributed by atoms with Gasteiger partial charge in [-0.15, -0.1) is 0 Å². The number of hydrogen-bond donors (Lipinski definition) is 1. The van der Waals surface area contributed by atoms with Crippen molar-refractivity contribution in [1.29, 1.82) is 0 Å². The van der Waals surface area contributed by atoms with Gasteiger partial charge in [-0.2, -0.15) is 0 Å². The number of carbonyl (C=O) groups is 2. The summed E-state index contributed by atoms with van der Waals surface area (Å²) in [6.07, 6.45) is 11.0. The molecule has 2 amide bonds. The fraction of sp³-hybridized carbons (Fsp3) is 0.652. The molecular weight excluding hydrogens is 350 g/mol. The van der Waals surface area contributed by atoms with Crippen molar-refractivity contribution in [2.45, 2.75) is 70.3 Å². The largest absolute Gasteiger partial charge is 0.350 e. The standard InChI is InChI=1S/C23H33N3O2/c1-18(27)26-15-10-19-16-20(8-9-21(19)26)22(28)24-17-23(11-4-2-5-12-23)25-13-6-3-7-14-25/h8-9,16H,2-7,10-15,17H2,1H3,(H,24,28). The highest BCUT2D eigenvalue weighted by Crippen LogP contribution is 2.35. The number of amides is 2. The number of nitrogens with one attached hydrogen (secondary N) is 1. The van der Waals surface area contributed by atoms with Crippen molar-refractivity contribution in [2.75, 3.05) is 31.1 Å². The molecule has 1 saturated heterocycles. The summed E-state index contributed by atoms with van der Waals surface area (Å²) in [6, 6.07) is 5.77. The Morgan fingerprint density at radius 2 is 1.71 bits per heavy atom. The molecule has 0 bridgehead atoms. The van der Waals surface area contributed by atoms with E-state index in [2.05, 4.69) is 10.2 Å². The lowest BCUT2D eigenvalue weighted by atomic mass is 9.79. The number of piperidine rings is 1. The number of anilines is 1. The molecule has 28 heavy (non-hydrogen) atoms. The quantitative estimate of drug-likeness (QED) is 0.866. The molecule has 2 aliphatic heterocycles. The summed E-state index contributed by atoms with van der Waals surface area (Å²) < 4.78 is 0. The van der Waals surface area contributed by atoms with Gasteiger partial charge in [0.2, 0.25) is 5.91 Å².